The molecule has 1 unspecified atom stereocenters. The van der Waals surface area contributed by atoms with Crippen molar-refractivity contribution in [2.45, 2.75) is 32.7 Å². The molecule has 1 aliphatic rings. The topological polar surface area (TPSA) is 53.3 Å². The summed E-state index contributed by atoms with van der Waals surface area (Å²) in [6.07, 6.45) is 1.95. The minimum absolute atomic E-state index is 0.229. The van der Waals surface area contributed by atoms with Gasteiger partial charge in [-0.3, -0.25) is 0 Å². The lowest BCUT2D eigenvalue weighted by atomic mass is 10.2. The molecular formula is C11H15BrN2O3. The van der Waals surface area contributed by atoms with E-state index in [1.165, 1.54) is 0 Å². The normalized spacial score (nSPS) is 19.1. The van der Waals surface area contributed by atoms with Crippen LogP contribution in [0.1, 0.15) is 43.1 Å². The van der Waals surface area contributed by atoms with E-state index in [0.717, 1.165) is 12.8 Å². The molecule has 0 amide bonds. The fourth-order valence-corrected chi connectivity index (χ4v) is 2.38. The van der Waals surface area contributed by atoms with Crippen LogP contribution in [0.5, 0.6) is 5.88 Å². The Morgan fingerprint density at radius 3 is 3.18 bits per heavy atom. The summed E-state index contributed by atoms with van der Waals surface area (Å²) in [5.41, 5.74) is 0.389. The number of hydrogen-bond donors (Lipinski definition) is 0. The van der Waals surface area contributed by atoms with Gasteiger partial charge in [-0.25, -0.2) is 9.48 Å². The molecule has 17 heavy (non-hydrogen) atoms. The Bertz CT molecular complexity index is 431. The minimum Gasteiger partial charge on any atom is -0.477 e. The van der Waals surface area contributed by atoms with Gasteiger partial charge in [0.1, 0.15) is 4.60 Å². The Balaban J connectivity index is 2.42. The molecule has 2 rings (SSSR count). The van der Waals surface area contributed by atoms with E-state index in [9.17, 15) is 4.79 Å². The van der Waals surface area contributed by atoms with Gasteiger partial charge in [-0.2, -0.15) is 5.10 Å². The van der Waals surface area contributed by atoms with Gasteiger partial charge in [0, 0.05) is 0 Å². The lowest BCUT2D eigenvalue weighted by molar-refractivity contribution is 0.0520. The molecule has 1 aromatic rings. The number of ether oxygens (including phenoxy) is 2. The second kappa shape index (κ2) is 5.08. The highest BCUT2D eigenvalue weighted by atomic mass is 79.9. The average molecular weight is 303 g/mol. The molecule has 5 nitrogen and oxygen atoms in total. The number of nitrogens with zero attached hydrogens (tertiary/aromatic N) is 2. The molecule has 1 atom stereocenters. The predicted octanol–water partition coefficient (Wildman–Crippen LogP) is 2.56. The van der Waals surface area contributed by atoms with E-state index >= 15 is 0 Å². The first-order valence-corrected chi connectivity index (χ1v) is 6.52. The molecule has 0 aromatic carbocycles. The molecule has 0 radical (unpaired) electrons. The van der Waals surface area contributed by atoms with Crippen molar-refractivity contribution in [1.29, 1.82) is 0 Å². The van der Waals surface area contributed by atoms with Crippen molar-refractivity contribution in [3.05, 3.63) is 10.2 Å². The number of halogens is 1. The number of esters is 1. The summed E-state index contributed by atoms with van der Waals surface area (Å²) in [4.78, 5) is 11.8. The van der Waals surface area contributed by atoms with Crippen LogP contribution in [0, 0.1) is 0 Å². The zero-order valence-electron chi connectivity index (χ0n) is 9.90. The summed E-state index contributed by atoms with van der Waals surface area (Å²) < 4.78 is 12.9. The molecule has 1 aromatic heterocycles. The van der Waals surface area contributed by atoms with Crippen LogP contribution in [0.25, 0.3) is 0 Å². The summed E-state index contributed by atoms with van der Waals surface area (Å²) in [6.45, 7) is 4.78. The predicted molar refractivity (Wildman–Crippen MR) is 65.3 cm³/mol. The van der Waals surface area contributed by atoms with Gasteiger partial charge in [-0.05, 0) is 42.6 Å². The van der Waals surface area contributed by atoms with Crippen molar-refractivity contribution >= 4 is 21.9 Å². The summed E-state index contributed by atoms with van der Waals surface area (Å²) in [6, 6.07) is 0.229. The Kier molecular flexibility index (Phi) is 3.71. The van der Waals surface area contributed by atoms with Gasteiger partial charge in [-0.1, -0.05) is 0 Å². The van der Waals surface area contributed by atoms with Crippen molar-refractivity contribution in [2.75, 3.05) is 13.2 Å². The second-order valence-electron chi connectivity index (χ2n) is 3.98. The van der Waals surface area contributed by atoms with Gasteiger partial charge in [0.2, 0.25) is 5.88 Å². The third-order valence-corrected chi connectivity index (χ3v) is 3.28. The Morgan fingerprint density at radius 1 is 1.71 bits per heavy atom. The van der Waals surface area contributed by atoms with Crippen molar-refractivity contribution < 1.29 is 14.3 Å². The number of carbonyl (C=O) groups is 1. The fraction of sp³-hybridized carbons (Fsp3) is 0.636. The van der Waals surface area contributed by atoms with E-state index in [4.69, 9.17) is 9.47 Å². The van der Waals surface area contributed by atoms with Crippen LogP contribution in [0.3, 0.4) is 0 Å². The third-order valence-electron chi connectivity index (χ3n) is 2.73. The maximum absolute atomic E-state index is 11.8. The van der Waals surface area contributed by atoms with Crippen molar-refractivity contribution in [1.82, 2.24) is 9.78 Å². The van der Waals surface area contributed by atoms with Gasteiger partial charge >= 0.3 is 5.97 Å². The van der Waals surface area contributed by atoms with Crippen molar-refractivity contribution in [2.24, 2.45) is 0 Å². The first kappa shape index (κ1) is 12.4. The first-order chi connectivity index (χ1) is 8.15. The van der Waals surface area contributed by atoms with Gasteiger partial charge in [0.25, 0.3) is 0 Å². The zero-order chi connectivity index (χ0) is 12.4. The van der Waals surface area contributed by atoms with Gasteiger partial charge in [0.05, 0.1) is 19.3 Å². The number of aromatic nitrogens is 2. The highest BCUT2D eigenvalue weighted by molar-refractivity contribution is 9.10. The monoisotopic (exact) mass is 302 g/mol. The van der Waals surface area contributed by atoms with E-state index in [1.54, 1.807) is 11.6 Å². The van der Waals surface area contributed by atoms with Crippen LogP contribution in [-0.2, 0) is 4.74 Å². The van der Waals surface area contributed by atoms with Crippen LogP contribution in [0.4, 0.5) is 0 Å². The molecule has 94 valence electrons. The Morgan fingerprint density at radius 2 is 2.47 bits per heavy atom. The molecular weight excluding hydrogens is 288 g/mol. The number of carbonyl (C=O) groups excluding carboxylic acids is 1. The molecule has 2 heterocycles. The van der Waals surface area contributed by atoms with Gasteiger partial charge < -0.3 is 9.47 Å². The minimum atomic E-state index is -0.394. The van der Waals surface area contributed by atoms with Crippen molar-refractivity contribution in [3.8, 4) is 5.88 Å². The molecule has 0 fully saturated rings. The number of hydrogen-bond acceptors (Lipinski definition) is 4. The van der Waals surface area contributed by atoms with Crippen LogP contribution in [0.15, 0.2) is 4.60 Å². The Labute approximate surface area is 108 Å². The van der Waals surface area contributed by atoms with Crippen LogP contribution in [-0.4, -0.2) is 29.0 Å². The van der Waals surface area contributed by atoms with Crippen LogP contribution < -0.4 is 4.74 Å². The van der Waals surface area contributed by atoms with Gasteiger partial charge in [0.15, 0.2) is 5.56 Å². The maximum Gasteiger partial charge on any atom is 0.346 e. The summed E-state index contributed by atoms with van der Waals surface area (Å²) in [5, 5.41) is 4.30. The zero-order valence-corrected chi connectivity index (χ0v) is 11.5. The lowest BCUT2D eigenvalue weighted by Gasteiger charge is -2.10. The highest BCUT2D eigenvalue weighted by Gasteiger charge is 2.28. The van der Waals surface area contributed by atoms with E-state index in [-0.39, 0.29) is 6.04 Å². The van der Waals surface area contributed by atoms with Crippen LogP contribution >= 0.6 is 15.9 Å². The van der Waals surface area contributed by atoms with E-state index in [1.807, 2.05) is 0 Å². The number of rotatable bonds is 2. The van der Waals surface area contributed by atoms with E-state index in [2.05, 4.69) is 28.0 Å². The molecule has 6 heteroatoms. The van der Waals surface area contributed by atoms with Gasteiger partial charge in [-0.15, -0.1) is 0 Å². The molecule has 1 aliphatic heterocycles. The molecule has 0 N–H and O–H groups in total. The highest BCUT2D eigenvalue weighted by Crippen LogP contribution is 2.33. The molecule has 0 saturated heterocycles. The molecule has 0 bridgehead atoms. The van der Waals surface area contributed by atoms with Crippen LogP contribution in [0.2, 0.25) is 0 Å². The SMILES string of the molecule is CCOC(=O)c1c(Br)nn2c1OCCCC2C. The summed E-state index contributed by atoms with van der Waals surface area (Å²) in [7, 11) is 0. The largest absolute Gasteiger partial charge is 0.477 e. The molecule has 0 saturated carbocycles. The first-order valence-electron chi connectivity index (χ1n) is 5.73. The summed E-state index contributed by atoms with van der Waals surface area (Å²) >= 11 is 3.29. The third kappa shape index (κ3) is 2.31. The molecule has 0 aliphatic carbocycles. The lowest BCUT2D eigenvalue weighted by Crippen LogP contribution is -2.09. The summed E-state index contributed by atoms with van der Waals surface area (Å²) in [5.74, 6) is 0.120. The standard InChI is InChI=1S/C11H15BrN2O3/c1-3-16-11(15)8-9(12)13-14-7(2)5-4-6-17-10(8)14/h7H,3-6H2,1-2H3. The maximum atomic E-state index is 11.8. The molecule has 0 spiro atoms. The average Bonchev–Trinajstić information content (AvgIpc) is 2.52. The second-order valence-corrected chi connectivity index (χ2v) is 4.73. The Hall–Kier alpha value is -1.04. The number of fused-ring (bicyclic) bond motifs is 1. The van der Waals surface area contributed by atoms with Crippen molar-refractivity contribution in [3.63, 3.8) is 0 Å². The quantitative estimate of drug-likeness (QED) is 0.788. The smallest absolute Gasteiger partial charge is 0.346 e. The van der Waals surface area contributed by atoms with E-state index in [0.29, 0.717) is 29.3 Å². The fourth-order valence-electron chi connectivity index (χ4n) is 1.87. The van der Waals surface area contributed by atoms with E-state index < -0.39 is 5.97 Å².